The lowest BCUT2D eigenvalue weighted by molar-refractivity contribution is -0.384. The zero-order valence-electron chi connectivity index (χ0n) is 13.4. The maximum absolute atomic E-state index is 11.4. The van der Waals surface area contributed by atoms with Gasteiger partial charge in [0.1, 0.15) is 11.4 Å². The Bertz CT molecular complexity index is 1030. The van der Waals surface area contributed by atoms with Crippen molar-refractivity contribution in [3.8, 4) is 10.6 Å². The topological polar surface area (TPSA) is 144 Å². The fraction of sp³-hybridized carbons (Fsp3) is 0.133. The molecule has 2 aromatic heterocycles. The van der Waals surface area contributed by atoms with Crippen molar-refractivity contribution in [1.29, 1.82) is 0 Å². The molecule has 0 aliphatic rings. The van der Waals surface area contributed by atoms with E-state index < -0.39 is 14.9 Å². The molecule has 0 saturated carbocycles. The lowest BCUT2D eigenvalue weighted by Gasteiger charge is -2.08. The van der Waals surface area contributed by atoms with E-state index in [1.54, 1.807) is 17.7 Å². The number of nitrogens with zero attached hydrogens (tertiary/aromatic N) is 2. The molecule has 11 heteroatoms. The van der Waals surface area contributed by atoms with Crippen molar-refractivity contribution in [3.63, 3.8) is 0 Å². The van der Waals surface area contributed by atoms with Gasteiger partial charge in [0.05, 0.1) is 21.0 Å². The SMILES string of the molecule is NS(=O)(=O)c1ccc(NCCc2[nH]cnc2-c2cccs2)c([N+](=O)[O-])c1. The molecule has 26 heavy (non-hydrogen) atoms. The Morgan fingerprint density at radius 1 is 1.35 bits per heavy atom. The number of nitrogens with one attached hydrogen (secondary N) is 2. The number of nitro benzene ring substituents is 1. The van der Waals surface area contributed by atoms with Crippen LogP contribution >= 0.6 is 11.3 Å². The van der Waals surface area contributed by atoms with Gasteiger partial charge in [-0.3, -0.25) is 10.1 Å². The van der Waals surface area contributed by atoms with Crippen LogP contribution in [0.1, 0.15) is 5.69 Å². The quantitative estimate of drug-likeness (QED) is 0.415. The summed E-state index contributed by atoms with van der Waals surface area (Å²) >= 11 is 1.57. The van der Waals surface area contributed by atoms with Gasteiger partial charge in [-0.05, 0) is 23.6 Å². The van der Waals surface area contributed by atoms with Crippen molar-refractivity contribution in [1.82, 2.24) is 9.97 Å². The van der Waals surface area contributed by atoms with Crippen molar-refractivity contribution in [3.05, 3.63) is 57.8 Å². The van der Waals surface area contributed by atoms with Crippen molar-refractivity contribution < 1.29 is 13.3 Å². The first-order chi connectivity index (χ1) is 12.4. The molecule has 0 amide bonds. The Labute approximate surface area is 153 Å². The minimum Gasteiger partial charge on any atom is -0.379 e. The van der Waals surface area contributed by atoms with Crippen LogP contribution in [0.25, 0.3) is 10.6 Å². The number of aromatic amines is 1. The molecule has 3 aromatic rings. The Morgan fingerprint density at radius 2 is 2.15 bits per heavy atom. The van der Waals surface area contributed by atoms with E-state index in [0.717, 1.165) is 22.3 Å². The third-order valence-electron chi connectivity index (χ3n) is 3.66. The largest absolute Gasteiger partial charge is 0.379 e. The molecule has 3 rings (SSSR count). The number of rotatable bonds is 7. The predicted octanol–water partition coefficient (Wildman–Crippen LogP) is 2.35. The lowest BCUT2D eigenvalue weighted by Crippen LogP contribution is -2.13. The third kappa shape index (κ3) is 3.90. The first-order valence-electron chi connectivity index (χ1n) is 7.47. The van der Waals surface area contributed by atoms with E-state index in [9.17, 15) is 18.5 Å². The standard InChI is InChI=1S/C15H15N5O4S2/c16-26(23,24)10-3-4-11(13(8-10)20(21)22)17-6-5-12-15(19-9-18-12)14-2-1-7-25-14/h1-4,7-9,17H,5-6H2,(H,18,19)(H2,16,23,24). The maximum atomic E-state index is 11.4. The van der Waals surface area contributed by atoms with Crippen LogP contribution < -0.4 is 10.5 Å². The van der Waals surface area contributed by atoms with E-state index in [1.165, 1.54) is 12.1 Å². The summed E-state index contributed by atoms with van der Waals surface area (Å²) in [4.78, 5) is 18.7. The number of H-pyrrole nitrogens is 1. The second-order valence-corrected chi connectivity index (χ2v) is 7.87. The van der Waals surface area contributed by atoms with Gasteiger partial charge in [0.15, 0.2) is 0 Å². The van der Waals surface area contributed by atoms with Crippen LogP contribution in [0, 0.1) is 10.1 Å². The number of hydrogen-bond donors (Lipinski definition) is 3. The number of aromatic nitrogens is 2. The molecule has 0 aliphatic carbocycles. The molecule has 136 valence electrons. The molecular formula is C15H15N5O4S2. The van der Waals surface area contributed by atoms with Gasteiger partial charge in [-0.25, -0.2) is 18.5 Å². The van der Waals surface area contributed by atoms with E-state index in [-0.39, 0.29) is 16.3 Å². The second-order valence-electron chi connectivity index (χ2n) is 5.36. The Morgan fingerprint density at radius 3 is 2.81 bits per heavy atom. The fourth-order valence-electron chi connectivity index (χ4n) is 2.45. The predicted molar refractivity (Wildman–Crippen MR) is 98.6 cm³/mol. The van der Waals surface area contributed by atoms with E-state index >= 15 is 0 Å². The summed E-state index contributed by atoms with van der Waals surface area (Å²) < 4.78 is 22.7. The molecular weight excluding hydrogens is 378 g/mol. The van der Waals surface area contributed by atoms with Gasteiger partial charge in [0.2, 0.25) is 10.0 Å². The zero-order chi connectivity index (χ0) is 18.7. The van der Waals surface area contributed by atoms with Gasteiger partial charge in [0.25, 0.3) is 5.69 Å². The number of anilines is 1. The molecule has 1 aromatic carbocycles. The van der Waals surface area contributed by atoms with Crippen molar-refractivity contribution in [2.45, 2.75) is 11.3 Å². The number of benzene rings is 1. The fourth-order valence-corrected chi connectivity index (χ4v) is 3.73. The number of thiophene rings is 1. The summed E-state index contributed by atoms with van der Waals surface area (Å²) in [6, 6.07) is 7.43. The highest BCUT2D eigenvalue weighted by Gasteiger charge is 2.19. The number of imidazole rings is 1. The molecule has 0 radical (unpaired) electrons. The normalized spacial score (nSPS) is 11.4. The van der Waals surface area contributed by atoms with Gasteiger partial charge in [-0.1, -0.05) is 6.07 Å². The summed E-state index contributed by atoms with van der Waals surface area (Å²) in [6.07, 6.45) is 2.16. The number of sulfonamides is 1. The van der Waals surface area contributed by atoms with Crippen LogP contribution in [0.15, 0.2) is 46.9 Å². The Kier molecular flexibility index (Phi) is 5.02. The smallest absolute Gasteiger partial charge is 0.293 e. The summed E-state index contributed by atoms with van der Waals surface area (Å²) in [7, 11) is -4.01. The van der Waals surface area contributed by atoms with E-state index in [4.69, 9.17) is 5.14 Å². The van der Waals surface area contributed by atoms with Gasteiger partial charge in [0, 0.05) is 24.7 Å². The number of nitro groups is 1. The van der Waals surface area contributed by atoms with Crippen molar-refractivity contribution in [2.24, 2.45) is 5.14 Å². The minimum atomic E-state index is -4.01. The summed E-state index contributed by atoms with van der Waals surface area (Å²) in [6.45, 7) is 0.399. The lowest BCUT2D eigenvalue weighted by atomic mass is 10.2. The third-order valence-corrected chi connectivity index (χ3v) is 5.45. The van der Waals surface area contributed by atoms with E-state index in [2.05, 4.69) is 15.3 Å². The molecule has 0 unspecified atom stereocenters. The first kappa shape index (κ1) is 18.0. The highest BCUT2D eigenvalue weighted by Crippen LogP contribution is 2.28. The van der Waals surface area contributed by atoms with E-state index in [0.29, 0.717) is 13.0 Å². The van der Waals surface area contributed by atoms with Gasteiger partial charge < -0.3 is 10.3 Å². The average molecular weight is 393 g/mol. The molecule has 0 fully saturated rings. The minimum absolute atomic E-state index is 0.222. The first-order valence-corrected chi connectivity index (χ1v) is 9.90. The maximum Gasteiger partial charge on any atom is 0.293 e. The van der Waals surface area contributed by atoms with Gasteiger partial charge in [-0.2, -0.15) is 0 Å². The van der Waals surface area contributed by atoms with Gasteiger partial charge >= 0.3 is 0 Å². The van der Waals surface area contributed by atoms with Crippen LogP contribution in [-0.2, 0) is 16.4 Å². The van der Waals surface area contributed by atoms with Crippen LogP contribution in [0.3, 0.4) is 0 Å². The summed E-state index contributed by atoms with van der Waals surface area (Å²) in [5.41, 5.74) is 1.63. The zero-order valence-corrected chi connectivity index (χ0v) is 15.0. The van der Waals surface area contributed by atoms with Crippen molar-refractivity contribution in [2.75, 3.05) is 11.9 Å². The summed E-state index contributed by atoms with van der Waals surface area (Å²) in [5.74, 6) is 0. The molecule has 0 saturated heterocycles. The molecule has 9 nitrogen and oxygen atoms in total. The molecule has 2 heterocycles. The molecule has 0 atom stereocenters. The molecule has 4 N–H and O–H groups in total. The van der Waals surface area contributed by atoms with Gasteiger partial charge in [-0.15, -0.1) is 11.3 Å². The van der Waals surface area contributed by atoms with Crippen LogP contribution in [-0.4, -0.2) is 29.9 Å². The number of primary sulfonamides is 1. The monoisotopic (exact) mass is 393 g/mol. The Hall–Kier alpha value is -2.76. The molecule has 0 aliphatic heterocycles. The average Bonchev–Trinajstić information content (AvgIpc) is 3.24. The molecule has 0 spiro atoms. The highest BCUT2D eigenvalue weighted by atomic mass is 32.2. The number of nitrogens with two attached hydrogens (primary N) is 1. The van der Waals surface area contributed by atoms with Crippen LogP contribution in [0.2, 0.25) is 0 Å². The van der Waals surface area contributed by atoms with E-state index in [1.807, 2.05) is 17.5 Å². The number of hydrogen-bond acceptors (Lipinski definition) is 7. The second kappa shape index (κ2) is 7.23. The van der Waals surface area contributed by atoms with Crippen molar-refractivity contribution >= 4 is 32.7 Å². The summed E-state index contributed by atoms with van der Waals surface area (Å²) in [5, 5.41) is 21.2. The van der Waals surface area contributed by atoms with Crippen LogP contribution in [0.5, 0.6) is 0 Å². The molecule has 0 bridgehead atoms. The highest BCUT2D eigenvalue weighted by molar-refractivity contribution is 7.89. The van der Waals surface area contributed by atoms with Crippen LogP contribution in [0.4, 0.5) is 11.4 Å². The Balaban J connectivity index is 1.75.